The molecule has 0 bridgehead atoms. The van der Waals surface area contributed by atoms with Crippen LogP contribution in [0.2, 0.25) is 0 Å². The van der Waals surface area contributed by atoms with Crippen LogP contribution in [0, 0.1) is 0 Å². The molecule has 2 aromatic heterocycles. The molecule has 4 N–H and O–H groups in total. The Bertz CT molecular complexity index is 2020. The van der Waals surface area contributed by atoms with Crippen LogP contribution in [0.3, 0.4) is 0 Å². The van der Waals surface area contributed by atoms with Crippen LogP contribution in [-0.4, -0.2) is 68.7 Å². The van der Waals surface area contributed by atoms with Gasteiger partial charge in [-0.1, -0.05) is 109 Å². The van der Waals surface area contributed by atoms with E-state index in [2.05, 4.69) is 69.1 Å². The zero-order valence-electron chi connectivity index (χ0n) is 30.7. The minimum absolute atomic E-state index is 0.0711. The first-order valence-electron chi connectivity index (χ1n) is 18.9. The molecule has 2 fully saturated rings. The van der Waals surface area contributed by atoms with Gasteiger partial charge in [-0.05, 0) is 73.2 Å². The molecule has 2 aliphatic rings. The van der Waals surface area contributed by atoms with Crippen molar-refractivity contribution in [2.75, 3.05) is 27.2 Å². The van der Waals surface area contributed by atoms with Crippen molar-refractivity contribution in [2.45, 2.75) is 49.9 Å². The summed E-state index contributed by atoms with van der Waals surface area (Å²) in [6.07, 6.45) is 7.38. The molecule has 2 saturated heterocycles. The summed E-state index contributed by atoms with van der Waals surface area (Å²) in [7, 11) is 3.67. The lowest BCUT2D eigenvalue weighted by atomic mass is 10.0. The molecule has 2 amide bonds. The number of likely N-dealkylation sites (tertiary alicyclic amines) is 2. The normalized spacial score (nSPS) is 18.2. The third kappa shape index (κ3) is 6.98. The van der Waals surface area contributed by atoms with Gasteiger partial charge in [0.2, 0.25) is 11.8 Å². The van der Waals surface area contributed by atoms with Gasteiger partial charge >= 0.3 is 0 Å². The summed E-state index contributed by atoms with van der Waals surface area (Å²) in [4.78, 5) is 47.8. The first-order chi connectivity index (χ1) is 26.5. The number of rotatable bonds is 11. The first-order valence-corrected chi connectivity index (χ1v) is 18.9. The second-order valence-corrected chi connectivity index (χ2v) is 14.2. The van der Waals surface area contributed by atoms with E-state index in [9.17, 15) is 9.59 Å². The standard InChI is InChI=1S/C44H46N8O2/c1-45-39(33-11-5-3-6-12-33)43(53)51-25-9-15-37(51)41-47-27-35(49-41)31-21-17-29(18-22-31)30-19-23-32(24-20-30)36-28-48-42(50-36)38-16-10-26-52(38)44(54)40(46-2)34-13-7-4-8-14-34/h3-8,11-14,17-24,27-28,37-40,45-46H,9-10,15-16,25-26H2,1-2H3,(H,47,49)(H,48,50)/t37-,38?,39+,40+/m0/s1. The number of nitrogens with zero attached hydrogens (tertiary/aromatic N) is 4. The number of aromatic nitrogens is 4. The summed E-state index contributed by atoms with van der Waals surface area (Å²) in [5.41, 5.74) is 8.08. The van der Waals surface area contributed by atoms with Crippen molar-refractivity contribution in [1.82, 2.24) is 40.4 Å². The van der Waals surface area contributed by atoms with Crippen LogP contribution in [0.25, 0.3) is 33.6 Å². The Morgan fingerprint density at radius 3 is 1.31 bits per heavy atom. The summed E-state index contributed by atoms with van der Waals surface area (Å²) in [5, 5.41) is 6.43. The highest BCUT2D eigenvalue weighted by molar-refractivity contribution is 5.84. The Kier molecular flexibility index (Phi) is 10.2. The highest BCUT2D eigenvalue weighted by atomic mass is 16.2. The topological polar surface area (TPSA) is 122 Å². The van der Waals surface area contributed by atoms with E-state index < -0.39 is 12.1 Å². The summed E-state index contributed by atoms with van der Waals surface area (Å²) in [6.45, 7) is 1.43. The molecule has 10 heteroatoms. The summed E-state index contributed by atoms with van der Waals surface area (Å²) >= 11 is 0. The van der Waals surface area contributed by atoms with Crippen molar-refractivity contribution in [1.29, 1.82) is 0 Å². The van der Waals surface area contributed by atoms with Gasteiger partial charge < -0.3 is 30.4 Å². The molecular formula is C44H46N8O2. The highest BCUT2D eigenvalue weighted by Gasteiger charge is 2.37. The van der Waals surface area contributed by atoms with Crippen molar-refractivity contribution >= 4 is 11.8 Å². The molecular weight excluding hydrogens is 673 g/mol. The minimum atomic E-state index is -0.392. The molecule has 0 spiro atoms. The molecule has 54 heavy (non-hydrogen) atoms. The molecule has 1 unspecified atom stereocenters. The fourth-order valence-corrected chi connectivity index (χ4v) is 8.11. The van der Waals surface area contributed by atoms with Crippen LogP contribution < -0.4 is 10.6 Å². The molecule has 274 valence electrons. The maximum Gasteiger partial charge on any atom is 0.244 e. The second-order valence-electron chi connectivity index (χ2n) is 14.2. The average molecular weight is 719 g/mol. The lowest BCUT2D eigenvalue weighted by Crippen LogP contribution is -2.39. The Balaban J connectivity index is 0.924. The van der Waals surface area contributed by atoms with E-state index in [0.717, 1.165) is 82.1 Å². The molecule has 0 radical (unpaired) electrons. The Morgan fingerprint density at radius 2 is 0.944 bits per heavy atom. The van der Waals surface area contributed by atoms with E-state index in [0.29, 0.717) is 13.1 Å². The number of aromatic amines is 2. The van der Waals surface area contributed by atoms with Gasteiger partial charge in [-0.15, -0.1) is 0 Å². The molecule has 0 aliphatic carbocycles. The van der Waals surface area contributed by atoms with Crippen LogP contribution >= 0.6 is 0 Å². The van der Waals surface area contributed by atoms with E-state index in [1.807, 2.05) is 97.0 Å². The van der Waals surface area contributed by atoms with Crippen LogP contribution in [0.1, 0.15) is 72.6 Å². The van der Waals surface area contributed by atoms with Crippen LogP contribution in [-0.2, 0) is 9.59 Å². The van der Waals surface area contributed by atoms with Gasteiger partial charge in [0.05, 0.1) is 35.9 Å². The molecule has 6 aromatic rings. The number of hydrogen-bond donors (Lipinski definition) is 4. The van der Waals surface area contributed by atoms with Gasteiger partial charge in [0, 0.05) is 13.1 Å². The van der Waals surface area contributed by atoms with E-state index in [-0.39, 0.29) is 23.9 Å². The molecule has 4 aromatic carbocycles. The van der Waals surface area contributed by atoms with Crippen molar-refractivity contribution in [3.8, 4) is 33.6 Å². The predicted molar refractivity (Wildman–Crippen MR) is 211 cm³/mol. The van der Waals surface area contributed by atoms with Crippen molar-refractivity contribution in [2.24, 2.45) is 0 Å². The second kappa shape index (κ2) is 15.6. The number of amides is 2. The Hall–Kier alpha value is -5.84. The molecule has 8 rings (SSSR count). The number of imidazole rings is 2. The lowest BCUT2D eigenvalue weighted by molar-refractivity contribution is -0.135. The summed E-state index contributed by atoms with van der Waals surface area (Å²) in [5.74, 6) is 1.78. The van der Waals surface area contributed by atoms with Crippen molar-refractivity contribution in [3.05, 3.63) is 144 Å². The number of hydrogen-bond acceptors (Lipinski definition) is 6. The quantitative estimate of drug-likeness (QED) is 0.111. The first kappa shape index (κ1) is 35.2. The monoisotopic (exact) mass is 718 g/mol. The predicted octanol–water partition coefficient (Wildman–Crippen LogP) is 7.38. The fraction of sp³-hybridized carbons (Fsp3) is 0.273. The van der Waals surface area contributed by atoms with Crippen LogP contribution in [0.5, 0.6) is 0 Å². The van der Waals surface area contributed by atoms with Crippen LogP contribution in [0.15, 0.2) is 122 Å². The number of carbonyl (C=O) groups excluding carboxylic acids is 2. The van der Waals surface area contributed by atoms with Crippen molar-refractivity contribution in [3.63, 3.8) is 0 Å². The fourth-order valence-electron chi connectivity index (χ4n) is 8.11. The van der Waals surface area contributed by atoms with Gasteiger partial charge in [-0.2, -0.15) is 0 Å². The van der Waals surface area contributed by atoms with Gasteiger partial charge in [-0.3, -0.25) is 9.59 Å². The molecule has 0 saturated carbocycles. The minimum Gasteiger partial charge on any atom is -0.340 e. The van der Waals surface area contributed by atoms with E-state index >= 15 is 0 Å². The molecule has 10 nitrogen and oxygen atoms in total. The highest BCUT2D eigenvalue weighted by Crippen LogP contribution is 2.36. The van der Waals surface area contributed by atoms with Gasteiger partial charge in [-0.25, -0.2) is 9.97 Å². The van der Waals surface area contributed by atoms with E-state index in [4.69, 9.17) is 9.97 Å². The van der Waals surface area contributed by atoms with Gasteiger partial charge in [0.1, 0.15) is 23.7 Å². The van der Waals surface area contributed by atoms with Gasteiger partial charge in [0.25, 0.3) is 0 Å². The largest absolute Gasteiger partial charge is 0.340 e. The summed E-state index contributed by atoms with van der Waals surface area (Å²) in [6, 6.07) is 35.7. The zero-order valence-corrected chi connectivity index (χ0v) is 30.7. The maximum atomic E-state index is 13.7. The lowest BCUT2D eigenvalue weighted by Gasteiger charge is -2.28. The molecule has 4 atom stereocenters. The smallest absolute Gasteiger partial charge is 0.244 e. The number of nitrogens with one attached hydrogen (secondary N) is 4. The van der Waals surface area contributed by atoms with Crippen molar-refractivity contribution < 1.29 is 9.59 Å². The molecule has 4 heterocycles. The maximum absolute atomic E-state index is 13.7. The number of likely N-dealkylation sites (N-methyl/N-ethyl adjacent to an activating group) is 2. The van der Waals surface area contributed by atoms with E-state index in [1.165, 1.54) is 0 Å². The Labute approximate surface area is 316 Å². The summed E-state index contributed by atoms with van der Waals surface area (Å²) < 4.78 is 0. The van der Waals surface area contributed by atoms with Gasteiger partial charge in [0.15, 0.2) is 0 Å². The zero-order chi connectivity index (χ0) is 37.0. The Morgan fingerprint density at radius 1 is 0.574 bits per heavy atom. The number of H-pyrrole nitrogens is 2. The van der Waals surface area contributed by atoms with E-state index in [1.54, 1.807) is 0 Å². The molecule has 2 aliphatic heterocycles. The third-order valence-electron chi connectivity index (χ3n) is 11.0. The number of benzene rings is 4. The SMILES string of the molecule is CN[C@@H](C(=O)N1CCCC1c1ncc(-c2ccc(-c3ccc(-c4cnc([C@@H]5CCCN5C(=O)[C@H](NC)c5ccccc5)[nH]4)cc3)cc2)[nH]1)c1ccccc1. The van der Waals surface area contributed by atoms with Crippen LogP contribution in [0.4, 0.5) is 0 Å². The third-order valence-corrected chi connectivity index (χ3v) is 11.0. The number of carbonyl (C=O) groups is 2. The average Bonchev–Trinajstić information content (AvgIpc) is 4.07.